The van der Waals surface area contributed by atoms with Crippen molar-refractivity contribution in [3.8, 4) is 5.00 Å². The van der Waals surface area contributed by atoms with Crippen molar-refractivity contribution in [3.05, 3.63) is 39.7 Å². The van der Waals surface area contributed by atoms with Crippen LogP contribution in [-0.2, 0) is 6.54 Å². The zero-order valence-corrected chi connectivity index (χ0v) is 11.7. The Morgan fingerprint density at radius 3 is 2.90 bits per heavy atom. The summed E-state index contributed by atoms with van der Waals surface area (Å²) in [7, 11) is 0. The minimum absolute atomic E-state index is 0.139. The van der Waals surface area contributed by atoms with Crippen LogP contribution in [0.15, 0.2) is 26.8 Å². The zero-order valence-electron chi connectivity index (χ0n) is 10.9. The van der Waals surface area contributed by atoms with E-state index in [2.05, 4.69) is 20.6 Å². The molecule has 0 unspecified atom stereocenters. The molecule has 0 saturated heterocycles. The highest BCUT2D eigenvalue weighted by Gasteiger charge is 2.14. The van der Waals surface area contributed by atoms with Gasteiger partial charge in [0.2, 0.25) is 5.89 Å². The number of thiophene rings is 1. The van der Waals surface area contributed by atoms with Crippen LogP contribution in [0.25, 0.3) is 5.00 Å². The van der Waals surface area contributed by atoms with E-state index < -0.39 is 0 Å². The van der Waals surface area contributed by atoms with Crippen LogP contribution in [0.1, 0.15) is 31.5 Å². The first kappa shape index (κ1) is 12.7. The Kier molecular flexibility index (Phi) is 3.18. The van der Waals surface area contributed by atoms with Crippen molar-refractivity contribution in [1.29, 1.82) is 0 Å². The predicted octanol–water partition coefficient (Wildman–Crippen LogP) is 1.05. The topological polar surface area (TPSA) is 91.6 Å². The summed E-state index contributed by atoms with van der Waals surface area (Å²) < 4.78 is 7.53. The molecule has 104 valence electrons. The van der Waals surface area contributed by atoms with Gasteiger partial charge in [-0.05, 0) is 27.9 Å². The molecule has 3 rings (SSSR count). The van der Waals surface area contributed by atoms with Gasteiger partial charge in [-0.1, -0.05) is 19.0 Å². The van der Waals surface area contributed by atoms with Crippen molar-refractivity contribution in [2.75, 3.05) is 0 Å². The third kappa shape index (κ3) is 2.27. The first-order chi connectivity index (χ1) is 9.65. The third-order valence-corrected chi connectivity index (χ3v) is 3.47. The number of nitrogens with zero attached hydrogens (tertiary/aromatic N) is 6. The molecule has 3 aromatic rings. The Balaban J connectivity index is 1.86. The van der Waals surface area contributed by atoms with Gasteiger partial charge in [0, 0.05) is 5.92 Å². The molecule has 3 heterocycles. The number of hydrogen-bond donors (Lipinski definition) is 0. The van der Waals surface area contributed by atoms with Crippen LogP contribution in [0.3, 0.4) is 0 Å². The highest BCUT2D eigenvalue weighted by molar-refractivity contribution is 7.12. The fourth-order valence-corrected chi connectivity index (χ4v) is 2.27. The molecule has 0 N–H and O–H groups in total. The van der Waals surface area contributed by atoms with E-state index in [0.717, 1.165) is 5.00 Å². The van der Waals surface area contributed by atoms with Crippen LogP contribution >= 0.6 is 11.3 Å². The van der Waals surface area contributed by atoms with Crippen molar-refractivity contribution >= 4 is 11.3 Å². The molecule has 0 aliphatic carbocycles. The standard InChI is InChI=1S/C11H12N6O2S/c1-7(2)10-12-8(13-19-10)6-16-11(18)17(15-14-16)9-4-3-5-20-9/h3-5,7H,6H2,1-2H3. The molecule has 0 aromatic carbocycles. The summed E-state index contributed by atoms with van der Waals surface area (Å²) in [5, 5.41) is 14.1. The van der Waals surface area contributed by atoms with Crippen molar-refractivity contribution < 1.29 is 4.52 Å². The third-order valence-electron chi connectivity index (χ3n) is 2.62. The van der Waals surface area contributed by atoms with Crippen LogP contribution in [-0.4, -0.2) is 29.9 Å². The summed E-state index contributed by atoms with van der Waals surface area (Å²) in [6.45, 7) is 4.05. The SMILES string of the molecule is CC(C)c1nc(Cn2nnn(-c3cccs3)c2=O)no1. The summed E-state index contributed by atoms with van der Waals surface area (Å²) in [5.41, 5.74) is -0.330. The molecule has 0 fully saturated rings. The van der Waals surface area contributed by atoms with Gasteiger partial charge in [0.25, 0.3) is 0 Å². The maximum atomic E-state index is 12.1. The summed E-state index contributed by atoms with van der Waals surface area (Å²) in [5.74, 6) is 1.10. The molecular formula is C11H12N6O2S. The van der Waals surface area contributed by atoms with Gasteiger partial charge in [-0.25, -0.2) is 4.79 Å². The minimum atomic E-state index is -0.330. The summed E-state index contributed by atoms with van der Waals surface area (Å²) in [6, 6.07) is 3.65. The average molecular weight is 292 g/mol. The van der Waals surface area contributed by atoms with Crippen LogP contribution < -0.4 is 5.69 Å². The molecule has 0 amide bonds. The monoisotopic (exact) mass is 292 g/mol. The van der Waals surface area contributed by atoms with Gasteiger partial charge in [0.1, 0.15) is 11.5 Å². The molecule has 0 spiro atoms. The minimum Gasteiger partial charge on any atom is -0.339 e. The van der Waals surface area contributed by atoms with E-state index in [1.807, 2.05) is 25.3 Å². The van der Waals surface area contributed by atoms with Crippen LogP contribution in [0.4, 0.5) is 0 Å². The van der Waals surface area contributed by atoms with Crippen LogP contribution in [0, 0.1) is 0 Å². The van der Waals surface area contributed by atoms with E-state index in [9.17, 15) is 4.79 Å². The number of tetrazole rings is 1. The highest BCUT2D eigenvalue weighted by atomic mass is 32.1. The van der Waals surface area contributed by atoms with E-state index >= 15 is 0 Å². The van der Waals surface area contributed by atoms with Crippen molar-refractivity contribution in [2.24, 2.45) is 0 Å². The fraction of sp³-hybridized carbons (Fsp3) is 0.364. The lowest BCUT2D eigenvalue weighted by atomic mass is 10.2. The van der Waals surface area contributed by atoms with Gasteiger partial charge < -0.3 is 4.52 Å². The Bertz CT molecular complexity index is 754. The Hall–Kier alpha value is -2.29. The van der Waals surface area contributed by atoms with Crippen molar-refractivity contribution in [3.63, 3.8) is 0 Å². The van der Waals surface area contributed by atoms with Gasteiger partial charge in [0.05, 0.1) is 0 Å². The molecule has 0 aliphatic rings. The second-order valence-electron chi connectivity index (χ2n) is 4.49. The number of hydrogen-bond acceptors (Lipinski definition) is 7. The van der Waals surface area contributed by atoms with E-state index in [1.165, 1.54) is 20.7 Å². The van der Waals surface area contributed by atoms with Gasteiger partial charge in [0.15, 0.2) is 5.82 Å². The van der Waals surface area contributed by atoms with Crippen molar-refractivity contribution in [2.45, 2.75) is 26.3 Å². The largest absolute Gasteiger partial charge is 0.369 e. The highest BCUT2D eigenvalue weighted by Crippen LogP contribution is 2.12. The predicted molar refractivity (Wildman–Crippen MR) is 71.0 cm³/mol. The van der Waals surface area contributed by atoms with Gasteiger partial charge in [-0.15, -0.1) is 11.3 Å². The smallest absolute Gasteiger partial charge is 0.339 e. The van der Waals surface area contributed by atoms with E-state index in [1.54, 1.807) is 6.07 Å². The van der Waals surface area contributed by atoms with E-state index in [0.29, 0.717) is 11.7 Å². The van der Waals surface area contributed by atoms with Crippen molar-refractivity contribution in [1.82, 2.24) is 29.9 Å². The molecule has 8 nitrogen and oxygen atoms in total. The molecule has 20 heavy (non-hydrogen) atoms. The normalized spacial score (nSPS) is 11.3. The van der Waals surface area contributed by atoms with Crippen LogP contribution in [0.2, 0.25) is 0 Å². The first-order valence-corrected chi connectivity index (χ1v) is 6.92. The lowest BCUT2D eigenvalue weighted by molar-refractivity contribution is 0.359. The zero-order chi connectivity index (χ0) is 14.1. The fourth-order valence-electron chi connectivity index (χ4n) is 1.60. The molecule has 0 bridgehead atoms. The lowest BCUT2D eigenvalue weighted by Gasteiger charge is -1.93. The average Bonchev–Trinajstić information content (AvgIpc) is 3.12. The quantitative estimate of drug-likeness (QED) is 0.713. The molecule has 9 heteroatoms. The van der Waals surface area contributed by atoms with E-state index in [4.69, 9.17) is 4.52 Å². The molecule has 3 aromatic heterocycles. The molecule has 0 atom stereocenters. The molecule has 0 aliphatic heterocycles. The van der Waals surface area contributed by atoms with Gasteiger partial charge in [-0.3, -0.25) is 0 Å². The molecule has 0 saturated carbocycles. The van der Waals surface area contributed by atoms with Gasteiger partial charge >= 0.3 is 5.69 Å². The molecule has 0 radical (unpaired) electrons. The van der Waals surface area contributed by atoms with Gasteiger partial charge in [-0.2, -0.15) is 14.3 Å². The molecular weight excluding hydrogens is 280 g/mol. The summed E-state index contributed by atoms with van der Waals surface area (Å²) in [4.78, 5) is 16.3. The Labute approximate surface area is 117 Å². The van der Waals surface area contributed by atoms with E-state index in [-0.39, 0.29) is 18.2 Å². The number of aromatic nitrogens is 6. The maximum Gasteiger partial charge on any atom is 0.369 e. The number of rotatable bonds is 4. The second kappa shape index (κ2) is 5.00. The Morgan fingerprint density at radius 2 is 2.25 bits per heavy atom. The first-order valence-electron chi connectivity index (χ1n) is 6.04. The Morgan fingerprint density at radius 1 is 1.40 bits per heavy atom. The lowest BCUT2D eigenvalue weighted by Crippen LogP contribution is -2.24. The second-order valence-corrected chi connectivity index (χ2v) is 5.41. The maximum absolute atomic E-state index is 12.1. The summed E-state index contributed by atoms with van der Waals surface area (Å²) >= 11 is 1.42. The summed E-state index contributed by atoms with van der Waals surface area (Å²) in [6.07, 6.45) is 0. The van der Waals surface area contributed by atoms with Crippen LogP contribution in [0.5, 0.6) is 0 Å².